The fourth-order valence-electron chi connectivity index (χ4n) is 1.82. The Hall–Kier alpha value is -3.70. The number of nitrogens with one attached hydrogen (secondary N) is 1. The fraction of sp³-hybridized carbons (Fsp3) is 0.235. The number of hydrogen-bond donors (Lipinski definition) is 7. The molecule has 0 saturated carbocycles. The highest BCUT2D eigenvalue weighted by molar-refractivity contribution is 7.30. The summed E-state index contributed by atoms with van der Waals surface area (Å²) in [5, 5.41) is 65.8. The Morgan fingerprint density at radius 2 is 1.39 bits per heavy atom. The number of carbonyl (C=O) groups excluding carboxylic acids is 1. The number of phenolic OH excluding ortho intramolecular Hbond substituents is 6. The van der Waals surface area contributed by atoms with Crippen molar-refractivity contribution in [1.82, 2.24) is 5.09 Å². The minimum atomic E-state index is -1.09. The highest BCUT2D eigenvalue weighted by Crippen LogP contribution is 2.54. The van der Waals surface area contributed by atoms with E-state index in [1.165, 1.54) is 24.3 Å². The number of nitrogens with zero attached hydrogens (tertiary/aromatic N) is 1. The topological polar surface area (TPSA) is 212 Å². The van der Waals surface area contributed by atoms with Crippen molar-refractivity contribution in [2.75, 3.05) is 6.54 Å². The monoisotopic (exact) mass is 460 g/mol. The standard InChI is InChI=1S/C11H15N2O5P.C6H6O6/c1-8(2)17-11(14)7-12-19-18-10-5-3-9(4-6-10)13(15)16;7-1-2(8)4(10)6(12)5(11)3(1)9/h3-6,8,12,19H,7H2,1-2H3;7-12H. The van der Waals surface area contributed by atoms with Crippen LogP contribution in [0.15, 0.2) is 24.3 Å². The van der Waals surface area contributed by atoms with Crippen LogP contribution in [0, 0.1) is 10.1 Å². The van der Waals surface area contributed by atoms with E-state index in [0.717, 1.165) is 0 Å². The van der Waals surface area contributed by atoms with Crippen LogP contribution >= 0.6 is 8.96 Å². The number of hydrogen-bond acceptors (Lipinski definition) is 12. The highest BCUT2D eigenvalue weighted by Gasteiger charge is 2.22. The first-order valence-electron chi connectivity index (χ1n) is 8.42. The van der Waals surface area contributed by atoms with Gasteiger partial charge in [0.05, 0.1) is 17.6 Å². The smallest absolute Gasteiger partial charge is 0.320 e. The first kappa shape index (κ1) is 25.3. The van der Waals surface area contributed by atoms with Gasteiger partial charge in [-0.05, 0) is 26.0 Å². The van der Waals surface area contributed by atoms with Crippen molar-refractivity contribution in [3.05, 3.63) is 34.4 Å². The largest absolute Gasteiger partial charge is 0.502 e. The van der Waals surface area contributed by atoms with Gasteiger partial charge in [-0.25, -0.2) is 0 Å². The first-order chi connectivity index (χ1) is 14.5. The van der Waals surface area contributed by atoms with E-state index in [-0.39, 0.29) is 33.3 Å². The number of non-ortho nitro benzene ring substituents is 1. The lowest BCUT2D eigenvalue weighted by Crippen LogP contribution is -2.22. The molecule has 0 saturated heterocycles. The number of ether oxygens (including phenoxy) is 1. The van der Waals surface area contributed by atoms with Crippen molar-refractivity contribution in [2.24, 2.45) is 0 Å². The van der Waals surface area contributed by atoms with Crippen molar-refractivity contribution in [3.63, 3.8) is 0 Å². The molecule has 0 aliphatic carbocycles. The molecule has 0 radical (unpaired) electrons. The molecule has 2 rings (SSSR count). The molecule has 0 heterocycles. The number of nitro benzene ring substituents is 1. The lowest BCUT2D eigenvalue weighted by Gasteiger charge is -2.09. The molecule has 1 unspecified atom stereocenters. The number of benzene rings is 2. The summed E-state index contributed by atoms with van der Waals surface area (Å²) in [5.74, 6) is -6.43. The third kappa shape index (κ3) is 7.57. The van der Waals surface area contributed by atoms with Crippen LogP contribution in [0.5, 0.6) is 40.2 Å². The van der Waals surface area contributed by atoms with Crippen LogP contribution < -0.4 is 9.61 Å². The van der Waals surface area contributed by atoms with E-state index >= 15 is 0 Å². The molecule has 13 nitrogen and oxygen atoms in total. The van der Waals surface area contributed by atoms with Crippen LogP contribution in [0.25, 0.3) is 0 Å². The molecule has 14 heteroatoms. The minimum Gasteiger partial charge on any atom is -0.502 e. The van der Waals surface area contributed by atoms with Crippen LogP contribution in [-0.2, 0) is 9.53 Å². The molecule has 1 atom stereocenters. The number of carbonyl (C=O) groups is 1. The predicted molar refractivity (Wildman–Crippen MR) is 108 cm³/mol. The van der Waals surface area contributed by atoms with Gasteiger partial charge in [0.2, 0.25) is 34.5 Å². The maximum atomic E-state index is 11.2. The quantitative estimate of drug-likeness (QED) is 0.0601. The summed E-state index contributed by atoms with van der Waals surface area (Å²) in [6.45, 7) is 3.60. The molecule has 0 aliphatic heterocycles. The zero-order chi connectivity index (χ0) is 23.7. The van der Waals surface area contributed by atoms with Gasteiger partial charge in [-0.15, -0.1) is 0 Å². The molecular weight excluding hydrogens is 439 g/mol. The molecule has 0 bridgehead atoms. The summed E-state index contributed by atoms with van der Waals surface area (Å²) in [6.07, 6.45) is -0.145. The van der Waals surface area contributed by atoms with Crippen molar-refractivity contribution < 1.29 is 49.6 Å². The zero-order valence-electron chi connectivity index (χ0n) is 16.3. The first-order valence-corrected chi connectivity index (χ1v) is 9.32. The van der Waals surface area contributed by atoms with E-state index < -0.39 is 39.4 Å². The van der Waals surface area contributed by atoms with E-state index in [4.69, 9.17) is 39.9 Å². The Kier molecular flexibility index (Phi) is 9.38. The van der Waals surface area contributed by atoms with Crippen molar-refractivity contribution >= 4 is 20.6 Å². The van der Waals surface area contributed by atoms with E-state index in [9.17, 15) is 14.9 Å². The molecule has 7 N–H and O–H groups in total. The summed E-state index contributed by atoms with van der Waals surface area (Å²) in [5.41, 5.74) is 0.00385. The molecule has 0 aliphatic rings. The van der Waals surface area contributed by atoms with E-state index in [0.29, 0.717) is 5.75 Å². The summed E-state index contributed by atoms with van der Waals surface area (Å²) < 4.78 is 10.2. The lowest BCUT2D eigenvalue weighted by atomic mass is 10.2. The van der Waals surface area contributed by atoms with Gasteiger partial charge in [-0.1, -0.05) is 0 Å². The zero-order valence-corrected chi connectivity index (χ0v) is 17.3. The van der Waals surface area contributed by atoms with Crippen molar-refractivity contribution in [3.8, 4) is 40.2 Å². The average Bonchev–Trinajstić information content (AvgIpc) is 2.73. The van der Waals surface area contributed by atoms with Crippen LogP contribution in [0.3, 0.4) is 0 Å². The predicted octanol–water partition coefficient (Wildman–Crippen LogP) is 1.94. The van der Waals surface area contributed by atoms with Gasteiger partial charge >= 0.3 is 5.97 Å². The summed E-state index contributed by atoms with van der Waals surface area (Å²) in [6, 6.07) is 5.71. The average molecular weight is 460 g/mol. The molecule has 2 aromatic rings. The number of aromatic hydroxyl groups is 6. The maximum Gasteiger partial charge on any atom is 0.320 e. The third-order valence-corrected chi connectivity index (χ3v) is 3.89. The van der Waals surface area contributed by atoms with E-state index in [1.54, 1.807) is 13.8 Å². The maximum absolute atomic E-state index is 11.2. The lowest BCUT2D eigenvalue weighted by molar-refractivity contribution is -0.384. The van der Waals surface area contributed by atoms with Crippen LogP contribution in [-0.4, -0.2) is 54.2 Å². The SMILES string of the molecule is CC(C)OC(=O)CNPOc1ccc([N+](=O)[O-])cc1.Oc1c(O)c(O)c(O)c(O)c1O. The van der Waals surface area contributed by atoms with Gasteiger partial charge in [0.15, 0.2) is 0 Å². The molecule has 170 valence electrons. The Bertz CT molecular complexity index is 814. The molecule has 0 fully saturated rings. The molecular formula is C17H21N2O11P. The number of esters is 1. The highest BCUT2D eigenvalue weighted by atomic mass is 31.1. The Labute approximate surface area is 177 Å². The van der Waals surface area contributed by atoms with Gasteiger partial charge in [0.25, 0.3) is 5.69 Å². The Balaban J connectivity index is 0.000000343. The second-order valence-electron chi connectivity index (χ2n) is 5.94. The number of nitro groups is 1. The number of phenols is 6. The minimum absolute atomic E-state index is 0.00385. The molecule has 31 heavy (non-hydrogen) atoms. The molecule has 0 amide bonds. The molecule has 2 aromatic carbocycles. The molecule has 0 aromatic heterocycles. The van der Waals surface area contributed by atoms with Crippen LogP contribution in [0.2, 0.25) is 0 Å². The summed E-state index contributed by atoms with van der Waals surface area (Å²) in [4.78, 5) is 21.1. The third-order valence-electron chi connectivity index (χ3n) is 3.23. The van der Waals surface area contributed by atoms with E-state index in [1.807, 2.05) is 0 Å². The van der Waals surface area contributed by atoms with Gasteiger partial charge in [0.1, 0.15) is 14.7 Å². The van der Waals surface area contributed by atoms with Gasteiger partial charge in [0, 0.05) is 12.1 Å². The summed E-state index contributed by atoms with van der Waals surface area (Å²) in [7, 11) is -0.130. The van der Waals surface area contributed by atoms with Crippen LogP contribution in [0.4, 0.5) is 5.69 Å². The van der Waals surface area contributed by atoms with Gasteiger partial charge < -0.3 is 39.9 Å². The molecule has 0 spiro atoms. The Morgan fingerprint density at radius 3 is 1.74 bits per heavy atom. The summed E-state index contributed by atoms with van der Waals surface area (Å²) >= 11 is 0. The second-order valence-corrected chi connectivity index (χ2v) is 6.70. The van der Waals surface area contributed by atoms with Crippen LogP contribution in [0.1, 0.15) is 13.8 Å². The normalized spacial score (nSPS) is 10.5. The van der Waals surface area contributed by atoms with E-state index in [2.05, 4.69) is 5.09 Å². The van der Waals surface area contributed by atoms with Crippen molar-refractivity contribution in [1.29, 1.82) is 0 Å². The Morgan fingerprint density at radius 1 is 0.968 bits per heavy atom. The van der Waals surface area contributed by atoms with Crippen molar-refractivity contribution in [2.45, 2.75) is 20.0 Å². The fourth-order valence-corrected chi connectivity index (χ4v) is 2.36. The van der Waals surface area contributed by atoms with Gasteiger partial charge in [-0.3, -0.25) is 20.0 Å². The second kappa shape index (κ2) is 11.5. The van der Waals surface area contributed by atoms with Gasteiger partial charge in [-0.2, -0.15) is 0 Å². The number of rotatable bonds is 7.